The Balaban J connectivity index is 1.42. The average Bonchev–Trinajstić information content (AvgIpc) is 3.19. The third-order valence-corrected chi connectivity index (χ3v) is 7.05. The lowest BCUT2D eigenvalue weighted by Crippen LogP contribution is -2.36. The second kappa shape index (κ2) is 10.2. The highest BCUT2D eigenvalue weighted by Crippen LogP contribution is 2.15. The van der Waals surface area contributed by atoms with Crippen LogP contribution in [0, 0.1) is 12.8 Å². The van der Waals surface area contributed by atoms with Crippen molar-refractivity contribution in [3.63, 3.8) is 0 Å². The number of benzene rings is 1. The Labute approximate surface area is 178 Å². The summed E-state index contributed by atoms with van der Waals surface area (Å²) in [6, 6.07) is 6.69. The molecule has 1 atom stereocenters. The molecule has 0 saturated carbocycles. The fraction of sp³-hybridized carbons (Fsp3) is 0.571. The Kier molecular flexibility index (Phi) is 7.60. The van der Waals surface area contributed by atoms with E-state index in [2.05, 4.69) is 27.3 Å². The van der Waals surface area contributed by atoms with Crippen LogP contribution in [0.3, 0.4) is 0 Å². The third-order valence-electron chi connectivity index (χ3n) is 5.31. The third kappa shape index (κ3) is 6.37. The standard InChI is InChI=1S/C21H30N4O4S/c1-16-6-8-18(9-7-16)30(27,28)14-10-19-23-21(29-24-19)20(26)22-11-4-13-25-12-3-5-17(2)15-25/h6-9,17H,3-5,10-15H2,1-2H3,(H,22,26)/t17-/m0/s1. The Morgan fingerprint density at radius 3 is 2.80 bits per heavy atom. The molecule has 0 unspecified atom stereocenters. The quantitative estimate of drug-likeness (QED) is 0.603. The van der Waals surface area contributed by atoms with Crippen LogP contribution in [0.4, 0.5) is 0 Å². The van der Waals surface area contributed by atoms with Gasteiger partial charge in [-0.3, -0.25) is 4.79 Å². The molecule has 1 N–H and O–H groups in total. The fourth-order valence-electron chi connectivity index (χ4n) is 3.61. The van der Waals surface area contributed by atoms with Crippen molar-refractivity contribution in [1.29, 1.82) is 0 Å². The first-order valence-electron chi connectivity index (χ1n) is 10.5. The van der Waals surface area contributed by atoms with Crippen LogP contribution in [0.25, 0.3) is 0 Å². The summed E-state index contributed by atoms with van der Waals surface area (Å²) in [5.41, 5.74) is 0.994. The van der Waals surface area contributed by atoms with E-state index in [4.69, 9.17) is 4.52 Å². The molecule has 1 aromatic carbocycles. The molecule has 2 heterocycles. The number of piperidine rings is 1. The van der Waals surface area contributed by atoms with Crippen LogP contribution in [0.1, 0.15) is 48.3 Å². The van der Waals surface area contributed by atoms with Gasteiger partial charge in [-0.05, 0) is 57.3 Å². The van der Waals surface area contributed by atoms with Gasteiger partial charge in [0.15, 0.2) is 15.7 Å². The molecular formula is C21H30N4O4S. The zero-order valence-corrected chi connectivity index (χ0v) is 18.5. The topological polar surface area (TPSA) is 105 Å². The lowest BCUT2D eigenvalue weighted by molar-refractivity contribution is 0.0906. The Bertz CT molecular complexity index is 940. The predicted octanol–water partition coefficient (Wildman–Crippen LogP) is 2.25. The van der Waals surface area contributed by atoms with Crippen molar-refractivity contribution in [2.24, 2.45) is 5.92 Å². The number of rotatable bonds is 9. The first kappa shape index (κ1) is 22.4. The number of sulfone groups is 1. The molecule has 9 heteroatoms. The van der Waals surface area contributed by atoms with Gasteiger partial charge in [-0.2, -0.15) is 4.98 Å². The summed E-state index contributed by atoms with van der Waals surface area (Å²) in [6.07, 6.45) is 3.46. The molecule has 8 nitrogen and oxygen atoms in total. The molecule has 0 aliphatic carbocycles. The van der Waals surface area contributed by atoms with Crippen LogP contribution in [0.2, 0.25) is 0 Å². The number of nitrogens with zero attached hydrogens (tertiary/aromatic N) is 3. The molecule has 0 spiro atoms. The number of hydrogen-bond acceptors (Lipinski definition) is 7. The zero-order valence-electron chi connectivity index (χ0n) is 17.6. The van der Waals surface area contributed by atoms with Gasteiger partial charge < -0.3 is 14.7 Å². The number of nitrogens with one attached hydrogen (secondary N) is 1. The van der Waals surface area contributed by atoms with Crippen molar-refractivity contribution in [1.82, 2.24) is 20.4 Å². The van der Waals surface area contributed by atoms with Gasteiger partial charge in [-0.1, -0.05) is 29.8 Å². The summed E-state index contributed by atoms with van der Waals surface area (Å²) in [5, 5.41) is 6.52. The van der Waals surface area contributed by atoms with E-state index in [9.17, 15) is 13.2 Å². The van der Waals surface area contributed by atoms with Crippen LogP contribution in [-0.4, -0.2) is 61.3 Å². The summed E-state index contributed by atoms with van der Waals surface area (Å²) >= 11 is 0. The lowest BCUT2D eigenvalue weighted by atomic mass is 10.0. The molecular weight excluding hydrogens is 404 g/mol. The second-order valence-electron chi connectivity index (χ2n) is 8.06. The molecule has 0 bridgehead atoms. The number of aryl methyl sites for hydroxylation is 2. The lowest BCUT2D eigenvalue weighted by Gasteiger charge is -2.30. The van der Waals surface area contributed by atoms with Gasteiger partial charge >= 0.3 is 11.8 Å². The van der Waals surface area contributed by atoms with Crippen molar-refractivity contribution in [2.45, 2.75) is 44.4 Å². The van der Waals surface area contributed by atoms with Gasteiger partial charge in [-0.15, -0.1) is 0 Å². The van der Waals surface area contributed by atoms with Crippen LogP contribution < -0.4 is 5.32 Å². The Hall–Kier alpha value is -2.26. The first-order valence-corrected chi connectivity index (χ1v) is 12.1. The van der Waals surface area contributed by atoms with Crippen molar-refractivity contribution in [3.8, 4) is 0 Å². The summed E-state index contributed by atoms with van der Waals surface area (Å²) in [7, 11) is -3.45. The Morgan fingerprint density at radius 1 is 1.30 bits per heavy atom. The number of amides is 1. The highest BCUT2D eigenvalue weighted by Gasteiger charge is 2.19. The van der Waals surface area contributed by atoms with Gasteiger partial charge in [0.05, 0.1) is 10.6 Å². The van der Waals surface area contributed by atoms with E-state index in [-0.39, 0.29) is 28.8 Å². The minimum absolute atomic E-state index is 0.0835. The van der Waals surface area contributed by atoms with Crippen LogP contribution in [0.5, 0.6) is 0 Å². The van der Waals surface area contributed by atoms with E-state index < -0.39 is 15.7 Å². The molecule has 1 fully saturated rings. The monoisotopic (exact) mass is 434 g/mol. The van der Waals surface area contributed by atoms with Gasteiger partial charge in [0.1, 0.15) is 0 Å². The molecule has 3 rings (SSSR count). The van der Waals surface area contributed by atoms with E-state index in [1.54, 1.807) is 24.3 Å². The van der Waals surface area contributed by atoms with E-state index in [0.717, 1.165) is 37.5 Å². The largest absolute Gasteiger partial charge is 0.348 e. The van der Waals surface area contributed by atoms with Gasteiger partial charge in [0.25, 0.3) is 0 Å². The summed E-state index contributed by atoms with van der Waals surface area (Å²) in [4.78, 5) is 18.9. The SMILES string of the molecule is Cc1ccc(S(=O)(=O)CCc2noc(C(=O)NCCCN3CCC[C@H](C)C3)n2)cc1. The first-order chi connectivity index (χ1) is 14.3. The molecule has 0 radical (unpaired) electrons. The number of carbonyl (C=O) groups excluding carboxylic acids is 1. The summed E-state index contributed by atoms with van der Waals surface area (Å²) < 4.78 is 29.8. The van der Waals surface area contributed by atoms with Crippen LogP contribution in [0.15, 0.2) is 33.7 Å². The van der Waals surface area contributed by atoms with Gasteiger partial charge in [0.2, 0.25) is 0 Å². The molecule has 164 valence electrons. The second-order valence-corrected chi connectivity index (χ2v) is 10.2. The molecule has 2 aromatic rings. The van der Waals surface area contributed by atoms with Crippen molar-refractivity contribution in [2.75, 3.05) is 31.9 Å². The van der Waals surface area contributed by atoms with Crippen molar-refractivity contribution < 1.29 is 17.7 Å². The number of aromatic nitrogens is 2. The summed E-state index contributed by atoms with van der Waals surface area (Å²) in [6.45, 7) is 7.90. The minimum atomic E-state index is -3.45. The molecule has 1 amide bonds. The highest BCUT2D eigenvalue weighted by atomic mass is 32.2. The Morgan fingerprint density at radius 2 is 2.07 bits per heavy atom. The minimum Gasteiger partial charge on any atom is -0.348 e. The predicted molar refractivity (Wildman–Crippen MR) is 113 cm³/mol. The normalized spacial score (nSPS) is 17.7. The maximum atomic E-state index is 12.4. The molecule has 1 aromatic heterocycles. The van der Waals surface area contributed by atoms with Crippen LogP contribution in [-0.2, 0) is 16.3 Å². The van der Waals surface area contributed by atoms with E-state index >= 15 is 0 Å². The van der Waals surface area contributed by atoms with Crippen LogP contribution >= 0.6 is 0 Å². The zero-order chi connectivity index (χ0) is 21.6. The molecule has 30 heavy (non-hydrogen) atoms. The maximum Gasteiger partial charge on any atom is 0.315 e. The van der Waals surface area contributed by atoms with E-state index in [0.29, 0.717) is 6.54 Å². The fourth-order valence-corrected chi connectivity index (χ4v) is 4.84. The number of hydrogen-bond donors (Lipinski definition) is 1. The summed E-state index contributed by atoms with van der Waals surface area (Å²) in [5.74, 6) is 0.231. The van der Waals surface area contributed by atoms with E-state index in [1.807, 2.05) is 6.92 Å². The van der Waals surface area contributed by atoms with Crippen molar-refractivity contribution >= 4 is 15.7 Å². The smallest absolute Gasteiger partial charge is 0.315 e. The average molecular weight is 435 g/mol. The highest BCUT2D eigenvalue weighted by molar-refractivity contribution is 7.91. The van der Waals surface area contributed by atoms with Gasteiger partial charge in [0, 0.05) is 19.5 Å². The molecule has 1 saturated heterocycles. The maximum absolute atomic E-state index is 12.4. The number of carbonyl (C=O) groups is 1. The van der Waals surface area contributed by atoms with Crippen molar-refractivity contribution in [3.05, 3.63) is 41.5 Å². The number of likely N-dealkylation sites (tertiary alicyclic amines) is 1. The van der Waals surface area contributed by atoms with E-state index in [1.165, 1.54) is 12.8 Å². The molecule has 1 aliphatic rings. The van der Waals surface area contributed by atoms with Gasteiger partial charge in [-0.25, -0.2) is 8.42 Å². The molecule has 1 aliphatic heterocycles.